The van der Waals surface area contributed by atoms with E-state index in [1.807, 2.05) is 57.8 Å². The molecular weight excluding hydrogens is 552 g/mol. The molecule has 45 heavy (non-hydrogen) atoms. The van der Waals surface area contributed by atoms with Gasteiger partial charge in [0.1, 0.15) is 0 Å². The lowest BCUT2D eigenvalue weighted by atomic mass is 9.72. The first-order valence-corrected chi connectivity index (χ1v) is 15.4. The van der Waals surface area contributed by atoms with Gasteiger partial charge in [0.15, 0.2) is 22.9 Å². The summed E-state index contributed by atoms with van der Waals surface area (Å²) >= 11 is 0. The van der Waals surface area contributed by atoms with Gasteiger partial charge in [-0.05, 0) is 99.2 Å². The predicted octanol–water partition coefficient (Wildman–Crippen LogP) is 8.55. The van der Waals surface area contributed by atoms with E-state index in [9.17, 15) is 0 Å². The number of aromatic nitrogens is 6. The second-order valence-corrected chi connectivity index (χ2v) is 12.6. The molecule has 0 amide bonds. The molecule has 6 heteroatoms. The van der Waals surface area contributed by atoms with Crippen LogP contribution < -0.4 is 0 Å². The number of fused-ring (bicyclic) bond motifs is 5. The molecule has 6 nitrogen and oxygen atoms in total. The Morgan fingerprint density at radius 1 is 0.600 bits per heavy atom. The smallest absolute Gasteiger partial charge is 0.182 e. The molecule has 0 radical (unpaired) electrons. The first kappa shape index (κ1) is 25.8. The van der Waals surface area contributed by atoms with Gasteiger partial charge in [-0.2, -0.15) is 0 Å². The second kappa shape index (κ2) is 9.69. The molecule has 0 saturated carbocycles. The quantitative estimate of drug-likeness (QED) is 0.209. The summed E-state index contributed by atoms with van der Waals surface area (Å²) in [5, 5.41) is 9.54. The third-order valence-corrected chi connectivity index (χ3v) is 9.59. The van der Waals surface area contributed by atoms with Crippen molar-refractivity contribution in [2.24, 2.45) is 5.92 Å². The van der Waals surface area contributed by atoms with Crippen LogP contribution >= 0.6 is 0 Å². The van der Waals surface area contributed by atoms with Crippen LogP contribution in [0.2, 0.25) is 0 Å². The lowest BCUT2D eigenvalue weighted by Crippen LogP contribution is -2.24. The van der Waals surface area contributed by atoms with E-state index in [0.29, 0.717) is 17.6 Å². The fraction of sp³-hybridized carbons (Fsp3) is 0.128. The Hall–Kier alpha value is -5.62. The van der Waals surface area contributed by atoms with Crippen molar-refractivity contribution in [3.8, 4) is 33.9 Å². The highest BCUT2D eigenvalue weighted by atomic mass is 15.3. The second-order valence-electron chi connectivity index (χ2n) is 12.6. The zero-order chi connectivity index (χ0) is 30.1. The molecule has 0 N–H and O–H groups in total. The van der Waals surface area contributed by atoms with E-state index in [1.54, 1.807) is 0 Å². The van der Waals surface area contributed by atoms with Gasteiger partial charge in [0.2, 0.25) is 0 Å². The van der Waals surface area contributed by atoms with Gasteiger partial charge in [-0.1, -0.05) is 86.7 Å². The van der Waals surface area contributed by atoms with Crippen LogP contribution in [0.5, 0.6) is 0 Å². The van der Waals surface area contributed by atoms with Gasteiger partial charge in [-0.15, -0.1) is 10.2 Å². The van der Waals surface area contributed by atoms with E-state index in [4.69, 9.17) is 20.2 Å². The Morgan fingerprint density at radius 3 is 1.82 bits per heavy atom. The molecule has 3 aromatic carbocycles. The summed E-state index contributed by atoms with van der Waals surface area (Å²) in [6, 6.07) is 36.1. The van der Waals surface area contributed by atoms with Gasteiger partial charge in [0, 0.05) is 23.5 Å². The van der Waals surface area contributed by atoms with Crippen molar-refractivity contribution in [3.63, 3.8) is 0 Å². The largest absolute Gasteiger partial charge is 0.221 e. The number of hydrogen-bond donors (Lipinski definition) is 0. The van der Waals surface area contributed by atoms with Gasteiger partial charge in [0.05, 0.1) is 0 Å². The summed E-state index contributed by atoms with van der Waals surface area (Å²) in [7, 11) is 0. The number of nitrogens with zero attached hydrogens (tertiary/aromatic N) is 6. The van der Waals surface area contributed by atoms with Crippen molar-refractivity contribution >= 4 is 22.4 Å². The average molecular weight is 583 g/mol. The maximum Gasteiger partial charge on any atom is 0.182 e. The van der Waals surface area contributed by atoms with Crippen LogP contribution in [0.25, 0.3) is 56.3 Å². The minimum absolute atomic E-state index is 0.108. The number of rotatable bonds is 4. The maximum absolute atomic E-state index is 4.82. The van der Waals surface area contributed by atoms with E-state index < -0.39 is 0 Å². The highest BCUT2D eigenvalue weighted by molar-refractivity contribution is 5.86. The Bertz CT molecular complexity index is 2180. The predicted molar refractivity (Wildman–Crippen MR) is 179 cm³/mol. The Labute approximate surface area is 261 Å². The number of pyridine rings is 2. The normalized spacial score (nSPS) is 16.8. The molecule has 216 valence electrons. The Kier molecular flexibility index (Phi) is 5.57. The van der Waals surface area contributed by atoms with E-state index in [2.05, 4.69) is 92.7 Å². The first-order valence-electron chi connectivity index (χ1n) is 15.4. The van der Waals surface area contributed by atoms with Crippen LogP contribution in [-0.2, 0) is 5.41 Å². The lowest BCUT2D eigenvalue weighted by Gasteiger charge is -2.31. The fourth-order valence-electron chi connectivity index (χ4n) is 7.16. The van der Waals surface area contributed by atoms with Crippen LogP contribution in [0.15, 0.2) is 128 Å². The Morgan fingerprint density at radius 2 is 1.18 bits per heavy atom. The van der Waals surface area contributed by atoms with Crippen molar-refractivity contribution in [2.75, 3.05) is 0 Å². The van der Waals surface area contributed by atoms with E-state index in [0.717, 1.165) is 40.0 Å². The molecule has 0 spiro atoms. The summed E-state index contributed by atoms with van der Waals surface area (Å²) in [6.45, 7) is 4.79. The van der Waals surface area contributed by atoms with Gasteiger partial charge in [-0.25, -0.2) is 19.0 Å². The fourth-order valence-corrected chi connectivity index (χ4v) is 7.16. The molecule has 0 fully saturated rings. The molecule has 9 rings (SSSR count). The van der Waals surface area contributed by atoms with Crippen LogP contribution in [0.4, 0.5) is 0 Å². The molecular formula is C39H30N6. The number of hydrogen-bond acceptors (Lipinski definition) is 4. The van der Waals surface area contributed by atoms with Gasteiger partial charge >= 0.3 is 0 Å². The van der Waals surface area contributed by atoms with Crippen LogP contribution in [-0.4, -0.2) is 29.2 Å². The van der Waals surface area contributed by atoms with Crippen LogP contribution in [0.1, 0.15) is 37.0 Å². The van der Waals surface area contributed by atoms with Crippen molar-refractivity contribution < 1.29 is 0 Å². The molecule has 1 atom stereocenters. The van der Waals surface area contributed by atoms with E-state index in [1.165, 1.54) is 27.8 Å². The first-order chi connectivity index (χ1) is 22.0. The molecule has 4 heterocycles. The third kappa shape index (κ3) is 4.17. The van der Waals surface area contributed by atoms with Crippen molar-refractivity contribution in [3.05, 3.63) is 144 Å². The summed E-state index contributed by atoms with van der Waals surface area (Å²) in [5.74, 6) is 1.81. The molecule has 2 aliphatic carbocycles. The highest BCUT2D eigenvalue weighted by Gasteiger charge is 2.43. The third-order valence-electron chi connectivity index (χ3n) is 9.59. The Balaban J connectivity index is 1.10. The lowest BCUT2D eigenvalue weighted by molar-refractivity contribution is 0.418. The summed E-state index contributed by atoms with van der Waals surface area (Å²) in [6.07, 6.45) is 9.54. The van der Waals surface area contributed by atoms with Gasteiger partial charge in [-0.3, -0.25) is 0 Å². The average Bonchev–Trinajstić information content (AvgIpc) is 3.78. The highest BCUT2D eigenvalue weighted by Crippen LogP contribution is 2.54. The van der Waals surface area contributed by atoms with Crippen molar-refractivity contribution in [1.29, 1.82) is 0 Å². The van der Waals surface area contributed by atoms with Crippen LogP contribution in [0.3, 0.4) is 0 Å². The monoisotopic (exact) mass is 582 g/mol. The standard InChI is InChI=1S/C39H30N6/c1-39(2)33-10-4-3-9-31(33)32-18-17-27(24-34(32)39)25-13-15-26(16-14-25)28-21-29(37-40-35-11-5-7-19-44(35)42-37)23-30(22-28)38-41-36-12-6-8-20-45(36)43-38/h3-23,34H,24H2,1-2H3. The van der Waals surface area contributed by atoms with Crippen molar-refractivity contribution in [1.82, 2.24) is 29.2 Å². The minimum atomic E-state index is 0.108. The summed E-state index contributed by atoms with van der Waals surface area (Å²) in [5.41, 5.74) is 12.7. The topological polar surface area (TPSA) is 60.4 Å². The summed E-state index contributed by atoms with van der Waals surface area (Å²) < 4.78 is 3.61. The molecule has 0 bridgehead atoms. The van der Waals surface area contributed by atoms with Gasteiger partial charge in [0.25, 0.3) is 0 Å². The van der Waals surface area contributed by atoms with Gasteiger partial charge < -0.3 is 0 Å². The number of benzene rings is 3. The molecule has 2 aliphatic rings. The molecule has 0 aliphatic heterocycles. The molecule has 0 saturated heterocycles. The van der Waals surface area contributed by atoms with Crippen molar-refractivity contribution in [2.45, 2.75) is 25.7 Å². The molecule has 1 unspecified atom stereocenters. The molecule has 4 aromatic heterocycles. The zero-order valence-electron chi connectivity index (χ0n) is 25.1. The molecule has 7 aromatic rings. The van der Waals surface area contributed by atoms with E-state index >= 15 is 0 Å². The van der Waals surface area contributed by atoms with Crippen LogP contribution in [0, 0.1) is 5.92 Å². The maximum atomic E-state index is 4.82. The summed E-state index contributed by atoms with van der Waals surface area (Å²) in [4.78, 5) is 9.63. The minimum Gasteiger partial charge on any atom is -0.221 e. The zero-order valence-corrected chi connectivity index (χ0v) is 25.1. The number of allylic oxidation sites excluding steroid dienone is 4. The van der Waals surface area contributed by atoms with E-state index in [-0.39, 0.29) is 5.41 Å². The SMILES string of the molecule is CC1(C)c2ccccc2C2=CC=C(c3ccc(-c4cc(-c5nc6ccccn6n5)cc(-c5nc6ccccn6n5)c4)cc3)CC21.